The lowest BCUT2D eigenvalue weighted by Crippen LogP contribution is -2.44. The molecule has 4 heterocycles. The molecule has 8 nitrogen and oxygen atoms in total. The first-order chi connectivity index (χ1) is 20.4. The second-order valence-corrected chi connectivity index (χ2v) is 11.9. The summed E-state index contributed by atoms with van der Waals surface area (Å²) in [6.45, 7) is 14.8. The van der Waals surface area contributed by atoms with Crippen molar-refractivity contribution < 1.29 is 0 Å². The maximum atomic E-state index is 4.98. The van der Waals surface area contributed by atoms with E-state index in [1.165, 1.54) is 32.1 Å². The van der Waals surface area contributed by atoms with E-state index < -0.39 is 0 Å². The second-order valence-electron chi connectivity index (χ2n) is 11.9. The second kappa shape index (κ2) is 12.4. The van der Waals surface area contributed by atoms with E-state index in [1.807, 2.05) is 18.5 Å². The number of hydrogen-bond donors (Lipinski definition) is 3. The molecule has 2 fully saturated rings. The highest BCUT2D eigenvalue weighted by Crippen LogP contribution is 2.30. The largest absolute Gasteiger partial charge is 0.367 e. The molecule has 0 spiro atoms. The molecule has 1 saturated carbocycles. The van der Waals surface area contributed by atoms with Gasteiger partial charge in [0, 0.05) is 43.3 Å². The van der Waals surface area contributed by atoms with Crippen LogP contribution in [0.5, 0.6) is 0 Å². The summed E-state index contributed by atoms with van der Waals surface area (Å²) in [5, 5.41) is 12.9. The fourth-order valence-corrected chi connectivity index (χ4v) is 6.17. The summed E-state index contributed by atoms with van der Waals surface area (Å²) < 4.78 is 0. The number of imidazole rings is 1. The number of piperazine rings is 1. The Morgan fingerprint density at radius 2 is 1.93 bits per heavy atom. The summed E-state index contributed by atoms with van der Waals surface area (Å²) in [5.74, 6) is 1.48. The van der Waals surface area contributed by atoms with Gasteiger partial charge in [-0.25, -0.2) is 4.98 Å². The fraction of sp³-hybridized carbons (Fsp3) is 0.382. The van der Waals surface area contributed by atoms with Crippen LogP contribution in [0.1, 0.15) is 51.0 Å². The van der Waals surface area contributed by atoms with E-state index in [2.05, 4.69) is 92.8 Å². The number of hydrogen-bond acceptors (Lipinski definition) is 6. The van der Waals surface area contributed by atoms with E-state index >= 15 is 0 Å². The lowest BCUT2D eigenvalue weighted by molar-refractivity contribution is 0.313. The molecule has 0 unspecified atom stereocenters. The Bertz CT molecular complexity index is 1700. The fourth-order valence-electron chi connectivity index (χ4n) is 6.17. The quantitative estimate of drug-likeness (QED) is 0.271. The van der Waals surface area contributed by atoms with Crippen LogP contribution in [0.15, 0.2) is 55.0 Å². The van der Waals surface area contributed by atoms with Gasteiger partial charge in [0.1, 0.15) is 11.2 Å². The van der Waals surface area contributed by atoms with E-state index in [0.717, 1.165) is 99.8 Å². The molecule has 0 amide bonds. The number of aromatic amines is 2. The summed E-state index contributed by atoms with van der Waals surface area (Å²) in [5.41, 5.74) is 8.08. The Hall–Kier alpha value is -4.17. The van der Waals surface area contributed by atoms with E-state index in [0.29, 0.717) is 0 Å². The van der Waals surface area contributed by atoms with Crippen LogP contribution >= 0.6 is 0 Å². The minimum atomic E-state index is 0.726. The number of fused-ring (bicyclic) bond motifs is 1. The highest BCUT2D eigenvalue weighted by molar-refractivity contribution is 5.91. The number of pyridine rings is 1. The number of benzene rings is 1. The van der Waals surface area contributed by atoms with Crippen molar-refractivity contribution in [1.82, 2.24) is 30.0 Å². The number of nitrogens with one attached hydrogen (secondary N) is 3. The van der Waals surface area contributed by atoms with Gasteiger partial charge >= 0.3 is 0 Å². The first kappa shape index (κ1) is 28.0. The molecule has 0 radical (unpaired) electrons. The van der Waals surface area contributed by atoms with E-state index in [-0.39, 0.29) is 0 Å². The van der Waals surface area contributed by atoms with Crippen molar-refractivity contribution in [3.05, 3.63) is 71.1 Å². The van der Waals surface area contributed by atoms with Crippen LogP contribution in [-0.2, 0) is 0 Å². The topological polar surface area (TPSA) is 88.8 Å². The van der Waals surface area contributed by atoms with E-state index in [9.17, 15) is 0 Å². The number of allylic oxidation sites excluding steroid dienone is 3. The molecule has 6 rings (SSSR count). The SMILES string of the molecule is C=C(CC1CCCCC1)Nc1cncc(/C(C)=C/C=c2/[nH]nc(-c3nc4c(N5CCN(C)CC5)cccc4[nH]3)c2=C)c1. The summed E-state index contributed by atoms with van der Waals surface area (Å²) in [6, 6.07) is 8.45. The van der Waals surface area contributed by atoms with Crippen molar-refractivity contribution >= 4 is 40.6 Å². The van der Waals surface area contributed by atoms with E-state index in [4.69, 9.17) is 4.98 Å². The zero-order valence-electron chi connectivity index (χ0n) is 24.9. The van der Waals surface area contributed by atoms with Gasteiger partial charge in [0.05, 0.1) is 28.4 Å². The predicted octanol–water partition coefficient (Wildman–Crippen LogP) is 5.29. The molecule has 218 valence electrons. The number of aromatic nitrogens is 5. The molecule has 1 aliphatic carbocycles. The number of rotatable bonds is 8. The molecule has 8 heteroatoms. The lowest BCUT2D eigenvalue weighted by Gasteiger charge is -2.34. The number of anilines is 2. The van der Waals surface area contributed by atoms with Crippen molar-refractivity contribution in [3.63, 3.8) is 0 Å². The normalized spacial score (nSPS) is 17.7. The summed E-state index contributed by atoms with van der Waals surface area (Å²) in [7, 11) is 2.17. The zero-order valence-corrected chi connectivity index (χ0v) is 24.9. The number of H-pyrrole nitrogens is 2. The molecule has 3 N–H and O–H groups in total. The van der Waals surface area contributed by atoms with Crippen molar-refractivity contribution in [3.8, 4) is 11.5 Å². The number of para-hydroxylation sites is 1. The molecule has 0 atom stereocenters. The highest BCUT2D eigenvalue weighted by atomic mass is 15.3. The Morgan fingerprint density at radius 1 is 1.12 bits per heavy atom. The Labute approximate surface area is 248 Å². The van der Waals surface area contributed by atoms with Crippen molar-refractivity contribution in [2.45, 2.75) is 45.4 Å². The standard InChI is InChI=1S/C34H42N8/c1-23(27-20-28(22-35-21-27)36-24(2)19-26-9-6-5-7-10-26)13-14-29-25(3)32(40-39-29)34-37-30-11-8-12-31(33(30)38-34)42-17-15-41(4)16-18-42/h8,11-14,20-22,26,36,39H,2-3,5-7,9-10,15-19H2,1,4H3,(H,37,38)/b23-13+,29-14+. The van der Waals surface area contributed by atoms with Crippen LogP contribution < -0.4 is 20.8 Å². The Kier molecular flexibility index (Phi) is 8.24. The van der Waals surface area contributed by atoms with Crippen LogP contribution in [0.2, 0.25) is 0 Å². The van der Waals surface area contributed by atoms with Gasteiger partial charge in [0.15, 0.2) is 5.82 Å². The number of likely N-dealkylation sites (N-methyl/N-ethyl adjacent to an activating group) is 1. The smallest absolute Gasteiger partial charge is 0.159 e. The van der Waals surface area contributed by atoms with Gasteiger partial charge in [-0.2, -0.15) is 5.10 Å². The number of nitrogens with zero attached hydrogens (tertiary/aromatic N) is 5. The third kappa shape index (κ3) is 6.19. The van der Waals surface area contributed by atoms with Gasteiger partial charge < -0.3 is 20.1 Å². The minimum Gasteiger partial charge on any atom is -0.367 e. The van der Waals surface area contributed by atoms with Gasteiger partial charge in [-0.3, -0.25) is 10.1 Å². The van der Waals surface area contributed by atoms with Crippen LogP contribution in [0.3, 0.4) is 0 Å². The Balaban J connectivity index is 1.19. The first-order valence-electron chi connectivity index (χ1n) is 15.2. The molecule has 42 heavy (non-hydrogen) atoms. The molecule has 1 aliphatic heterocycles. The Morgan fingerprint density at radius 3 is 2.74 bits per heavy atom. The van der Waals surface area contributed by atoms with Gasteiger partial charge in [0.2, 0.25) is 0 Å². The predicted molar refractivity (Wildman–Crippen MR) is 174 cm³/mol. The first-order valence-corrected chi connectivity index (χ1v) is 15.2. The average molecular weight is 563 g/mol. The molecular weight excluding hydrogens is 520 g/mol. The molecule has 4 aromatic rings. The minimum absolute atomic E-state index is 0.726. The monoisotopic (exact) mass is 562 g/mol. The summed E-state index contributed by atoms with van der Waals surface area (Å²) >= 11 is 0. The van der Waals surface area contributed by atoms with Crippen molar-refractivity contribution in [2.75, 3.05) is 43.4 Å². The highest BCUT2D eigenvalue weighted by Gasteiger charge is 2.19. The molecule has 1 aromatic carbocycles. The van der Waals surface area contributed by atoms with Crippen molar-refractivity contribution in [2.24, 2.45) is 5.92 Å². The average Bonchev–Trinajstić information content (AvgIpc) is 3.60. The van der Waals surface area contributed by atoms with Gasteiger partial charge in [-0.1, -0.05) is 57.4 Å². The van der Waals surface area contributed by atoms with Gasteiger partial charge in [-0.15, -0.1) is 0 Å². The maximum absolute atomic E-state index is 4.98. The van der Waals surface area contributed by atoms with Crippen LogP contribution in [-0.4, -0.2) is 63.3 Å². The zero-order chi connectivity index (χ0) is 29.1. The van der Waals surface area contributed by atoms with Crippen LogP contribution in [0.25, 0.3) is 40.8 Å². The molecular formula is C34H42N8. The summed E-state index contributed by atoms with van der Waals surface area (Å²) in [6.07, 6.45) is 15.6. The van der Waals surface area contributed by atoms with Crippen LogP contribution in [0, 0.1) is 5.92 Å². The molecule has 3 aromatic heterocycles. The maximum Gasteiger partial charge on any atom is 0.159 e. The summed E-state index contributed by atoms with van der Waals surface area (Å²) in [4.78, 5) is 17.7. The van der Waals surface area contributed by atoms with E-state index in [1.54, 1.807) is 0 Å². The third-order valence-electron chi connectivity index (χ3n) is 8.73. The molecule has 0 bridgehead atoms. The van der Waals surface area contributed by atoms with Crippen LogP contribution in [0.4, 0.5) is 11.4 Å². The third-order valence-corrected chi connectivity index (χ3v) is 8.73. The molecule has 2 aliphatic rings. The molecule has 1 saturated heterocycles. The lowest BCUT2D eigenvalue weighted by atomic mass is 9.86. The van der Waals surface area contributed by atoms with Gasteiger partial charge in [0.25, 0.3) is 0 Å². The van der Waals surface area contributed by atoms with Gasteiger partial charge in [-0.05, 0) is 61.7 Å². The van der Waals surface area contributed by atoms with Crippen molar-refractivity contribution in [1.29, 1.82) is 0 Å².